The van der Waals surface area contributed by atoms with Crippen LogP contribution in [0, 0.1) is 0 Å². The van der Waals surface area contributed by atoms with Crippen LogP contribution in [0.4, 0.5) is 0 Å². The van der Waals surface area contributed by atoms with Crippen LogP contribution >= 0.6 is 0 Å². The number of Topliss-reactive ketones (excluding diaryl/α,β-unsaturated/α-hetero) is 1. The lowest BCUT2D eigenvalue weighted by Crippen LogP contribution is -2.40. The molecule has 5 heteroatoms. The second-order valence-corrected chi connectivity index (χ2v) is 4.35. The summed E-state index contributed by atoms with van der Waals surface area (Å²) in [5.41, 5.74) is 0.653. The highest BCUT2D eigenvalue weighted by Crippen LogP contribution is 2.13. The summed E-state index contributed by atoms with van der Waals surface area (Å²) in [6, 6.07) is 6.85. The van der Waals surface area contributed by atoms with Gasteiger partial charge in [0.25, 0.3) is 0 Å². The Labute approximate surface area is 120 Å². The van der Waals surface area contributed by atoms with Crippen LogP contribution in [-0.4, -0.2) is 45.5 Å². The lowest BCUT2D eigenvalue weighted by molar-refractivity contribution is -0.0992. The SMILES string of the molecule is CCOc1ccc(C(=O)C(C)NCC(OC)OC)cc1. The van der Waals surface area contributed by atoms with Gasteiger partial charge in [-0.15, -0.1) is 0 Å². The number of methoxy groups -OCH3 is 2. The molecular formula is C15H23NO4. The molecule has 0 aliphatic carbocycles. The van der Waals surface area contributed by atoms with Gasteiger partial charge in [-0.25, -0.2) is 0 Å². The molecule has 0 aliphatic heterocycles. The molecule has 1 aromatic carbocycles. The van der Waals surface area contributed by atoms with Gasteiger partial charge in [0.1, 0.15) is 5.75 Å². The Hall–Kier alpha value is -1.43. The molecule has 20 heavy (non-hydrogen) atoms. The predicted molar refractivity (Wildman–Crippen MR) is 77.2 cm³/mol. The fourth-order valence-corrected chi connectivity index (χ4v) is 1.76. The highest BCUT2D eigenvalue weighted by Gasteiger charge is 2.16. The van der Waals surface area contributed by atoms with Gasteiger partial charge < -0.3 is 19.5 Å². The monoisotopic (exact) mass is 281 g/mol. The minimum absolute atomic E-state index is 0.0269. The van der Waals surface area contributed by atoms with Gasteiger partial charge in [-0.2, -0.15) is 0 Å². The van der Waals surface area contributed by atoms with Gasteiger partial charge >= 0.3 is 0 Å². The Morgan fingerprint density at radius 2 is 1.80 bits per heavy atom. The maximum atomic E-state index is 12.2. The molecule has 0 aliphatic rings. The van der Waals surface area contributed by atoms with E-state index in [4.69, 9.17) is 14.2 Å². The fraction of sp³-hybridized carbons (Fsp3) is 0.533. The molecule has 0 heterocycles. The molecule has 1 atom stereocenters. The second-order valence-electron chi connectivity index (χ2n) is 4.35. The van der Waals surface area contributed by atoms with Crippen molar-refractivity contribution < 1.29 is 19.0 Å². The first-order valence-electron chi connectivity index (χ1n) is 6.68. The maximum Gasteiger partial charge on any atom is 0.179 e. The number of nitrogens with one attached hydrogen (secondary N) is 1. The second kappa shape index (κ2) is 8.68. The minimum atomic E-state index is -0.356. The van der Waals surface area contributed by atoms with Crippen molar-refractivity contribution in [2.24, 2.45) is 0 Å². The van der Waals surface area contributed by atoms with E-state index < -0.39 is 0 Å². The minimum Gasteiger partial charge on any atom is -0.494 e. The van der Waals surface area contributed by atoms with E-state index in [1.54, 1.807) is 38.5 Å². The van der Waals surface area contributed by atoms with Crippen molar-refractivity contribution in [2.75, 3.05) is 27.4 Å². The van der Waals surface area contributed by atoms with Crippen molar-refractivity contribution >= 4 is 5.78 Å². The van der Waals surface area contributed by atoms with Gasteiger partial charge in [-0.1, -0.05) is 0 Å². The molecule has 1 rings (SSSR count). The lowest BCUT2D eigenvalue weighted by Gasteiger charge is -2.18. The van der Waals surface area contributed by atoms with Crippen molar-refractivity contribution in [3.05, 3.63) is 29.8 Å². The summed E-state index contributed by atoms with van der Waals surface area (Å²) < 4.78 is 15.5. The number of rotatable bonds is 9. The largest absolute Gasteiger partial charge is 0.494 e. The molecule has 112 valence electrons. The van der Waals surface area contributed by atoms with Crippen LogP contribution in [0.5, 0.6) is 5.75 Å². The van der Waals surface area contributed by atoms with Crippen LogP contribution < -0.4 is 10.1 Å². The van der Waals surface area contributed by atoms with Gasteiger partial charge in [0.15, 0.2) is 12.1 Å². The molecule has 1 unspecified atom stereocenters. The summed E-state index contributed by atoms with van der Waals surface area (Å²) >= 11 is 0. The van der Waals surface area contributed by atoms with E-state index in [-0.39, 0.29) is 18.1 Å². The molecule has 0 radical (unpaired) electrons. The lowest BCUT2D eigenvalue weighted by atomic mass is 10.1. The third-order valence-electron chi connectivity index (χ3n) is 2.96. The zero-order chi connectivity index (χ0) is 15.0. The predicted octanol–water partition coefficient (Wildman–Crippen LogP) is 1.86. The summed E-state index contributed by atoms with van der Waals surface area (Å²) in [6.45, 7) is 4.81. The maximum absolute atomic E-state index is 12.2. The quantitative estimate of drug-likeness (QED) is 0.553. The molecule has 0 fully saturated rings. The number of hydrogen-bond acceptors (Lipinski definition) is 5. The molecule has 0 bridgehead atoms. The highest BCUT2D eigenvalue weighted by atomic mass is 16.7. The van der Waals surface area contributed by atoms with E-state index >= 15 is 0 Å². The summed E-state index contributed by atoms with van der Waals surface area (Å²) in [4.78, 5) is 12.2. The Morgan fingerprint density at radius 1 is 1.20 bits per heavy atom. The van der Waals surface area contributed by atoms with Crippen molar-refractivity contribution in [1.29, 1.82) is 0 Å². The highest BCUT2D eigenvalue weighted by molar-refractivity contribution is 5.99. The molecule has 1 aromatic rings. The first-order chi connectivity index (χ1) is 9.62. The number of benzene rings is 1. The van der Waals surface area contributed by atoms with Crippen LogP contribution in [0.1, 0.15) is 24.2 Å². The van der Waals surface area contributed by atoms with E-state index in [1.807, 2.05) is 13.8 Å². The Bertz CT molecular complexity index is 401. The van der Waals surface area contributed by atoms with E-state index in [0.29, 0.717) is 18.7 Å². The van der Waals surface area contributed by atoms with Crippen LogP contribution in [0.15, 0.2) is 24.3 Å². The van der Waals surface area contributed by atoms with Crippen molar-refractivity contribution in [3.8, 4) is 5.75 Å². The van der Waals surface area contributed by atoms with E-state index in [9.17, 15) is 4.79 Å². The number of ketones is 1. The Morgan fingerprint density at radius 3 is 2.30 bits per heavy atom. The molecule has 1 N–H and O–H groups in total. The van der Waals surface area contributed by atoms with E-state index in [2.05, 4.69) is 5.32 Å². The molecule has 0 saturated carbocycles. The van der Waals surface area contributed by atoms with Crippen molar-refractivity contribution in [3.63, 3.8) is 0 Å². The van der Waals surface area contributed by atoms with Gasteiger partial charge in [0.05, 0.1) is 12.6 Å². The first-order valence-corrected chi connectivity index (χ1v) is 6.68. The molecule has 0 amide bonds. The average Bonchev–Trinajstić information content (AvgIpc) is 2.48. The number of ether oxygens (including phenoxy) is 3. The van der Waals surface area contributed by atoms with Gasteiger partial charge in [0, 0.05) is 26.3 Å². The third kappa shape index (κ3) is 4.92. The first kappa shape index (κ1) is 16.6. The normalized spacial score (nSPS) is 12.4. The third-order valence-corrected chi connectivity index (χ3v) is 2.96. The zero-order valence-corrected chi connectivity index (χ0v) is 12.5. The summed E-state index contributed by atoms with van der Waals surface area (Å²) in [5, 5.41) is 3.09. The molecule has 0 spiro atoms. The summed E-state index contributed by atoms with van der Waals surface area (Å²) in [6.07, 6.45) is -0.356. The Balaban J connectivity index is 2.55. The van der Waals surface area contributed by atoms with Crippen LogP contribution in [0.2, 0.25) is 0 Å². The smallest absolute Gasteiger partial charge is 0.179 e. The molecule has 0 aromatic heterocycles. The van der Waals surface area contributed by atoms with Crippen LogP contribution in [0.25, 0.3) is 0 Å². The van der Waals surface area contributed by atoms with E-state index in [0.717, 1.165) is 5.75 Å². The molecular weight excluding hydrogens is 258 g/mol. The molecule has 0 saturated heterocycles. The number of carbonyl (C=O) groups is 1. The summed E-state index contributed by atoms with van der Waals surface area (Å²) in [5.74, 6) is 0.794. The summed E-state index contributed by atoms with van der Waals surface area (Å²) in [7, 11) is 3.13. The molecule has 5 nitrogen and oxygen atoms in total. The topological polar surface area (TPSA) is 56.8 Å². The average molecular weight is 281 g/mol. The number of hydrogen-bond donors (Lipinski definition) is 1. The van der Waals surface area contributed by atoms with Gasteiger partial charge in [-0.05, 0) is 38.1 Å². The van der Waals surface area contributed by atoms with Gasteiger partial charge in [-0.3, -0.25) is 4.79 Å². The number of carbonyl (C=O) groups excluding carboxylic acids is 1. The van der Waals surface area contributed by atoms with Crippen LogP contribution in [-0.2, 0) is 9.47 Å². The van der Waals surface area contributed by atoms with Crippen LogP contribution in [0.3, 0.4) is 0 Å². The zero-order valence-electron chi connectivity index (χ0n) is 12.5. The Kier molecular flexibility index (Phi) is 7.22. The van der Waals surface area contributed by atoms with Crippen molar-refractivity contribution in [2.45, 2.75) is 26.2 Å². The van der Waals surface area contributed by atoms with E-state index in [1.165, 1.54) is 0 Å². The fourth-order valence-electron chi connectivity index (χ4n) is 1.76. The standard InChI is InChI=1S/C15H23NO4/c1-5-20-13-8-6-12(7-9-13)15(17)11(2)16-10-14(18-3)19-4/h6-9,11,14,16H,5,10H2,1-4H3. The van der Waals surface area contributed by atoms with Gasteiger partial charge in [0.2, 0.25) is 0 Å². The van der Waals surface area contributed by atoms with Crippen molar-refractivity contribution in [1.82, 2.24) is 5.32 Å².